The van der Waals surface area contributed by atoms with Crippen LogP contribution in [0.3, 0.4) is 0 Å². The highest BCUT2D eigenvalue weighted by atomic mass is 35.5. The van der Waals surface area contributed by atoms with Crippen molar-refractivity contribution in [3.05, 3.63) is 0 Å². The molecule has 1 rings (SSSR count). The van der Waals surface area contributed by atoms with Gasteiger partial charge >= 0.3 is 18.0 Å². The minimum absolute atomic E-state index is 0.186. The SMILES string of the molecule is O=C(CCl)C1COCC1NC(=O)C(F)(F)C(F)(F)F. The molecule has 1 aliphatic rings. The molecule has 19 heavy (non-hydrogen) atoms. The zero-order chi connectivity index (χ0) is 14.8. The van der Waals surface area contributed by atoms with Crippen LogP contribution < -0.4 is 5.32 Å². The van der Waals surface area contributed by atoms with Gasteiger partial charge in [0.15, 0.2) is 5.78 Å². The first-order chi connectivity index (χ1) is 8.61. The Bertz CT molecular complexity index is 373. The summed E-state index contributed by atoms with van der Waals surface area (Å²) in [4.78, 5) is 22.2. The number of carbonyl (C=O) groups is 2. The van der Waals surface area contributed by atoms with E-state index in [0.717, 1.165) is 0 Å². The van der Waals surface area contributed by atoms with Crippen LogP contribution in [0.2, 0.25) is 0 Å². The second-order valence-electron chi connectivity index (χ2n) is 3.90. The van der Waals surface area contributed by atoms with Crippen LogP contribution in [0.1, 0.15) is 0 Å². The largest absolute Gasteiger partial charge is 0.463 e. The maximum Gasteiger partial charge on any atom is 0.463 e. The number of ether oxygens (including phenoxy) is 1. The molecule has 1 N–H and O–H groups in total. The summed E-state index contributed by atoms with van der Waals surface area (Å²) in [5.41, 5.74) is 0. The molecule has 1 heterocycles. The van der Waals surface area contributed by atoms with Crippen molar-refractivity contribution in [2.24, 2.45) is 5.92 Å². The van der Waals surface area contributed by atoms with Gasteiger partial charge in [0.2, 0.25) is 0 Å². The summed E-state index contributed by atoms with van der Waals surface area (Å²) >= 11 is 5.25. The fourth-order valence-corrected chi connectivity index (χ4v) is 1.70. The zero-order valence-corrected chi connectivity index (χ0v) is 10.0. The molecule has 0 radical (unpaired) electrons. The monoisotopic (exact) mass is 309 g/mol. The van der Waals surface area contributed by atoms with E-state index >= 15 is 0 Å². The molecule has 0 aliphatic carbocycles. The quantitative estimate of drug-likeness (QED) is 0.625. The molecule has 1 amide bonds. The number of halogens is 6. The Hall–Kier alpha value is -0.960. The third-order valence-electron chi connectivity index (χ3n) is 2.58. The maximum atomic E-state index is 12.7. The lowest BCUT2D eigenvalue weighted by Gasteiger charge is -2.23. The highest BCUT2D eigenvalue weighted by molar-refractivity contribution is 6.28. The van der Waals surface area contributed by atoms with E-state index in [0.29, 0.717) is 0 Å². The van der Waals surface area contributed by atoms with Gasteiger partial charge < -0.3 is 10.1 Å². The van der Waals surface area contributed by atoms with Crippen molar-refractivity contribution < 1.29 is 36.3 Å². The molecule has 0 aromatic heterocycles. The highest BCUT2D eigenvalue weighted by Crippen LogP contribution is 2.35. The molecular weight excluding hydrogens is 301 g/mol. The van der Waals surface area contributed by atoms with Crippen molar-refractivity contribution in [3.63, 3.8) is 0 Å². The minimum Gasteiger partial charge on any atom is -0.378 e. The molecule has 0 bridgehead atoms. The summed E-state index contributed by atoms with van der Waals surface area (Å²) in [6.07, 6.45) is -6.00. The first kappa shape index (κ1) is 16.1. The van der Waals surface area contributed by atoms with Crippen LogP contribution in [-0.4, -0.2) is 48.9 Å². The smallest absolute Gasteiger partial charge is 0.378 e. The fraction of sp³-hybridized carbons (Fsp3) is 0.778. The molecule has 1 saturated heterocycles. The van der Waals surface area contributed by atoms with Crippen molar-refractivity contribution in [3.8, 4) is 0 Å². The Labute approximate surface area is 109 Å². The average molecular weight is 310 g/mol. The number of amides is 1. The van der Waals surface area contributed by atoms with E-state index in [9.17, 15) is 31.5 Å². The van der Waals surface area contributed by atoms with Gasteiger partial charge in [0.1, 0.15) is 0 Å². The van der Waals surface area contributed by atoms with Gasteiger partial charge in [-0.25, -0.2) is 0 Å². The van der Waals surface area contributed by atoms with E-state index in [1.54, 1.807) is 0 Å². The fourth-order valence-electron chi connectivity index (χ4n) is 1.50. The molecule has 4 nitrogen and oxygen atoms in total. The second kappa shape index (κ2) is 5.58. The number of ketones is 1. The van der Waals surface area contributed by atoms with E-state index in [2.05, 4.69) is 0 Å². The van der Waals surface area contributed by atoms with Crippen LogP contribution in [0.5, 0.6) is 0 Å². The van der Waals surface area contributed by atoms with Gasteiger partial charge in [-0.2, -0.15) is 22.0 Å². The number of nitrogens with one attached hydrogen (secondary N) is 1. The Kier molecular flexibility index (Phi) is 4.72. The van der Waals surface area contributed by atoms with E-state index < -0.39 is 41.6 Å². The molecule has 10 heteroatoms. The Balaban J connectivity index is 2.74. The Morgan fingerprint density at radius 3 is 2.26 bits per heavy atom. The third kappa shape index (κ3) is 3.33. The number of hydrogen-bond donors (Lipinski definition) is 1. The molecule has 2 unspecified atom stereocenters. The van der Waals surface area contributed by atoms with Crippen LogP contribution in [0.4, 0.5) is 22.0 Å². The van der Waals surface area contributed by atoms with Crippen molar-refractivity contribution in [1.29, 1.82) is 0 Å². The van der Waals surface area contributed by atoms with E-state index in [-0.39, 0.29) is 13.2 Å². The molecule has 0 aromatic carbocycles. The summed E-state index contributed by atoms with van der Waals surface area (Å²) in [7, 11) is 0. The zero-order valence-electron chi connectivity index (χ0n) is 9.27. The topological polar surface area (TPSA) is 55.4 Å². The highest BCUT2D eigenvalue weighted by Gasteiger charge is 2.63. The normalized spacial score (nSPS) is 24.3. The van der Waals surface area contributed by atoms with E-state index in [1.165, 1.54) is 5.32 Å². The predicted octanol–water partition coefficient (Wildman–Crippen LogP) is 1.12. The van der Waals surface area contributed by atoms with Gasteiger partial charge in [-0.15, -0.1) is 11.6 Å². The van der Waals surface area contributed by atoms with Crippen LogP contribution in [0, 0.1) is 5.92 Å². The first-order valence-electron chi connectivity index (χ1n) is 5.03. The standard InChI is InChI=1S/C9H9ClF5NO3/c10-1-6(17)4-2-19-3-5(4)16-7(18)8(11,12)9(13,14)15/h4-5H,1-3H2,(H,16,18). The van der Waals surface area contributed by atoms with Gasteiger partial charge in [-0.3, -0.25) is 9.59 Å². The lowest BCUT2D eigenvalue weighted by Crippen LogP contribution is -2.55. The molecule has 0 aromatic rings. The number of rotatable bonds is 4. The van der Waals surface area contributed by atoms with E-state index in [1.807, 2.05) is 0 Å². The maximum absolute atomic E-state index is 12.7. The Morgan fingerprint density at radius 2 is 1.79 bits per heavy atom. The van der Waals surface area contributed by atoms with Gasteiger partial charge in [-0.1, -0.05) is 0 Å². The van der Waals surface area contributed by atoms with Crippen molar-refractivity contribution in [2.75, 3.05) is 19.1 Å². The summed E-state index contributed by atoms with van der Waals surface area (Å²) in [5, 5.41) is 1.48. The minimum atomic E-state index is -6.00. The van der Waals surface area contributed by atoms with E-state index in [4.69, 9.17) is 16.3 Å². The molecule has 1 aliphatic heterocycles. The number of Topliss-reactive ketones (excluding diaryl/α,β-unsaturated/α-hetero) is 1. The van der Waals surface area contributed by atoms with Gasteiger partial charge in [0, 0.05) is 0 Å². The van der Waals surface area contributed by atoms with Crippen LogP contribution in [-0.2, 0) is 14.3 Å². The van der Waals surface area contributed by atoms with Crippen LogP contribution in [0.15, 0.2) is 0 Å². The third-order valence-corrected chi connectivity index (χ3v) is 2.85. The summed E-state index contributed by atoms with van der Waals surface area (Å²) in [6, 6.07) is -1.24. The molecule has 0 spiro atoms. The van der Waals surface area contributed by atoms with Crippen molar-refractivity contribution in [2.45, 2.75) is 18.1 Å². The van der Waals surface area contributed by atoms with Crippen molar-refractivity contribution in [1.82, 2.24) is 5.32 Å². The second-order valence-corrected chi connectivity index (χ2v) is 4.16. The number of alkyl halides is 6. The van der Waals surface area contributed by atoms with Gasteiger partial charge in [0.25, 0.3) is 0 Å². The number of hydrogen-bond acceptors (Lipinski definition) is 3. The molecular formula is C9H9ClF5NO3. The Morgan fingerprint density at radius 1 is 1.21 bits per heavy atom. The molecule has 1 fully saturated rings. The molecule has 0 saturated carbocycles. The van der Waals surface area contributed by atoms with Gasteiger partial charge in [-0.05, 0) is 0 Å². The summed E-state index contributed by atoms with van der Waals surface area (Å²) in [5.74, 6) is -10.1. The molecule has 2 atom stereocenters. The van der Waals surface area contributed by atoms with Crippen LogP contribution >= 0.6 is 11.6 Å². The van der Waals surface area contributed by atoms with Gasteiger partial charge in [0.05, 0.1) is 31.1 Å². The number of carbonyl (C=O) groups excluding carboxylic acids is 2. The average Bonchev–Trinajstić information content (AvgIpc) is 2.74. The summed E-state index contributed by atoms with van der Waals surface area (Å²) < 4.78 is 66.0. The lowest BCUT2D eigenvalue weighted by molar-refractivity contribution is -0.270. The molecule has 110 valence electrons. The van der Waals surface area contributed by atoms with Crippen molar-refractivity contribution >= 4 is 23.3 Å². The first-order valence-corrected chi connectivity index (χ1v) is 5.56. The predicted molar refractivity (Wildman–Crippen MR) is 53.0 cm³/mol. The summed E-state index contributed by atoms with van der Waals surface area (Å²) in [6.45, 7) is -0.513. The van der Waals surface area contributed by atoms with Crippen LogP contribution in [0.25, 0.3) is 0 Å². The lowest BCUT2D eigenvalue weighted by atomic mass is 9.99.